The van der Waals surface area contributed by atoms with E-state index < -0.39 is 0 Å². The lowest BCUT2D eigenvalue weighted by Crippen LogP contribution is -2.53. The molecule has 3 fully saturated rings. The number of guanidine groups is 1. The molecule has 4 rings (SSSR count). The number of imide groups is 1. The molecule has 4 aliphatic rings. The first-order valence-corrected chi connectivity index (χ1v) is 10.8. The van der Waals surface area contributed by atoms with Gasteiger partial charge in [0, 0.05) is 45.3 Å². The van der Waals surface area contributed by atoms with Crippen LogP contribution in [0.5, 0.6) is 0 Å². The number of hydrogen-bond acceptors (Lipinski definition) is 5. The smallest absolute Gasteiger partial charge is 0.233 e. The van der Waals surface area contributed by atoms with Gasteiger partial charge in [0.2, 0.25) is 11.8 Å². The van der Waals surface area contributed by atoms with E-state index in [1.165, 1.54) is 4.90 Å². The van der Waals surface area contributed by atoms with Gasteiger partial charge in [0.15, 0.2) is 5.96 Å². The van der Waals surface area contributed by atoms with Crippen LogP contribution in [0.15, 0.2) is 17.1 Å². The predicted octanol–water partition coefficient (Wildman–Crippen LogP) is 0.0677. The molecule has 1 saturated carbocycles. The zero-order valence-electron chi connectivity index (χ0n) is 17.6. The highest BCUT2D eigenvalue weighted by molar-refractivity contribution is 6.06. The molecule has 6 atom stereocenters. The number of carbonyl (C=O) groups excluding carboxylic acids is 2. The predicted molar refractivity (Wildman–Crippen MR) is 110 cm³/mol. The van der Waals surface area contributed by atoms with E-state index in [9.17, 15) is 9.59 Å². The Morgan fingerprint density at radius 2 is 1.93 bits per heavy atom. The van der Waals surface area contributed by atoms with E-state index >= 15 is 0 Å². The van der Waals surface area contributed by atoms with Crippen LogP contribution in [-0.4, -0.2) is 86.1 Å². The van der Waals surface area contributed by atoms with Crippen molar-refractivity contribution in [1.29, 1.82) is 0 Å². The number of fused-ring (bicyclic) bond motifs is 5. The number of ether oxygens (including phenoxy) is 1. The van der Waals surface area contributed by atoms with Gasteiger partial charge in [-0.3, -0.25) is 24.4 Å². The van der Waals surface area contributed by atoms with E-state index in [0.717, 1.165) is 32.7 Å². The topological polar surface area (TPSA) is 86.3 Å². The van der Waals surface area contributed by atoms with Gasteiger partial charge in [-0.1, -0.05) is 12.2 Å². The first-order valence-electron chi connectivity index (χ1n) is 10.8. The molecule has 2 amide bonds. The van der Waals surface area contributed by atoms with Gasteiger partial charge in [0.1, 0.15) is 0 Å². The van der Waals surface area contributed by atoms with Crippen molar-refractivity contribution in [3.8, 4) is 0 Å². The van der Waals surface area contributed by atoms with Crippen LogP contribution in [0.2, 0.25) is 0 Å². The van der Waals surface area contributed by atoms with E-state index in [4.69, 9.17) is 4.74 Å². The largest absolute Gasteiger partial charge is 0.379 e. The second-order valence-electron chi connectivity index (χ2n) is 8.72. The Hall–Kier alpha value is -1.93. The summed E-state index contributed by atoms with van der Waals surface area (Å²) in [7, 11) is 1.73. The summed E-state index contributed by atoms with van der Waals surface area (Å²) in [5.41, 5.74) is 0. The first-order chi connectivity index (χ1) is 14.0. The minimum Gasteiger partial charge on any atom is -0.379 e. The third-order valence-corrected chi connectivity index (χ3v) is 6.96. The third-order valence-electron chi connectivity index (χ3n) is 6.96. The van der Waals surface area contributed by atoms with Crippen molar-refractivity contribution in [2.45, 2.75) is 32.4 Å². The van der Waals surface area contributed by atoms with Crippen molar-refractivity contribution in [3.63, 3.8) is 0 Å². The van der Waals surface area contributed by atoms with E-state index in [-0.39, 0.29) is 35.5 Å². The van der Waals surface area contributed by atoms with Crippen LogP contribution in [0, 0.1) is 23.7 Å². The molecule has 160 valence electrons. The summed E-state index contributed by atoms with van der Waals surface area (Å²) in [6.45, 7) is 8.53. The number of morpholine rings is 1. The van der Waals surface area contributed by atoms with Crippen LogP contribution < -0.4 is 10.6 Å². The Kier molecular flexibility index (Phi) is 5.92. The highest BCUT2D eigenvalue weighted by atomic mass is 16.5. The molecule has 2 aliphatic carbocycles. The Morgan fingerprint density at radius 1 is 1.24 bits per heavy atom. The van der Waals surface area contributed by atoms with Gasteiger partial charge in [-0.2, -0.15) is 0 Å². The number of nitrogens with zero attached hydrogens (tertiary/aromatic N) is 3. The van der Waals surface area contributed by atoms with Crippen LogP contribution in [0.1, 0.15) is 20.3 Å². The Morgan fingerprint density at radius 3 is 2.55 bits per heavy atom. The van der Waals surface area contributed by atoms with Crippen LogP contribution in [-0.2, 0) is 14.3 Å². The maximum Gasteiger partial charge on any atom is 0.233 e. The summed E-state index contributed by atoms with van der Waals surface area (Å²) >= 11 is 0. The highest BCUT2D eigenvalue weighted by Gasteiger charge is 2.58. The maximum atomic E-state index is 12.7. The molecule has 2 bridgehead atoms. The summed E-state index contributed by atoms with van der Waals surface area (Å²) in [4.78, 5) is 33.6. The lowest BCUT2D eigenvalue weighted by atomic mass is 9.85. The summed E-state index contributed by atoms with van der Waals surface area (Å²) in [5, 5.41) is 6.60. The van der Waals surface area contributed by atoms with Gasteiger partial charge in [0.25, 0.3) is 0 Å². The Balaban J connectivity index is 1.22. The molecule has 2 N–H and O–H groups in total. The van der Waals surface area contributed by atoms with Gasteiger partial charge in [0.05, 0.1) is 25.0 Å². The average molecular weight is 404 g/mol. The number of hydrogen-bond donors (Lipinski definition) is 2. The van der Waals surface area contributed by atoms with Crippen LogP contribution in [0.3, 0.4) is 0 Å². The van der Waals surface area contributed by atoms with E-state index in [1.54, 1.807) is 7.05 Å². The molecule has 0 radical (unpaired) electrons. The van der Waals surface area contributed by atoms with E-state index in [0.29, 0.717) is 31.1 Å². The number of likely N-dealkylation sites (tertiary alicyclic amines) is 1. The molecule has 2 heterocycles. The van der Waals surface area contributed by atoms with Crippen molar-refractivity contribution >= 4 is 17.8 Å². The number of carbonyl (C=O) groups is 2. The summed E-state index contributed by atoms with van der Waals surface area (Å²) in [5.74, 6) is 1.00. The zero-order valence-corrected chi connectivity index (χ0v) is 17.6. The molecule has 8 heteroatoms. The number of nitrogens with one attached hydrogen (secondary N) is 2. The molecule has 2 saturated heterocycles. The Labute approximate surface area is 172 Å². The summed E-state index contributed by atoms with van der Waals surface area (Å²) in [6, 6.07) is 0.767. The van der Waals surface area contributed by atoms with Gasteiger partial charge in [-0.25, -0.2) is 0 Å². The quantitative estimate of drug-likeness (QED) is 0.283. The summed E-state index contributed by atoms with van der Waals surface area (Å²) < 4.78 is 5.51. The van der Waals surface area contributed by atoms with Crippen LogP contribution >= 0.6 is 0 Å². The minimum absolute atomic E-state index is 0.0107. The van der Waals surface area contributed by atoms with Crippen molar-refractivity contribution in [1.82, 2.24) is 20.4 Å². The standard InChI is InChI=1S/C21H33N5O3/c1-13(25-8-9-29-12-14(25)2)11-24-21(22-3)23-6-7-26-19(27)17-15-4-5-16(10-15)18(17)20(26)28/h4-5,13-18H,6-12H2,1-3H3,(H2,22,23,24). The molecular weight excluding hydrogens is 370 g/mol. The lowest BCUT2D eigenvalue weighted by Gasteiger charge is -2.38. The minimum atomic E-state index is -0.119. The number of rotatable bonds is 6. The number of aliphatic imine (C=N–C) groups is 1. The van der Waals surface area contributed by atoms with Crippen LogP contribution in [0.25, 0.3) is 0 Å². The fourth-order valence-electron chi connectivity index (χ4n) is 5.45. The normalized spacial score (nSPS) is 35.3. The van der Waals surface area contributed by atoms with Gasteiger partial charge >= 0.3 is 0 Å². The maximum absolute atomic E-state index is 12.7. The average Bonchev–Trinajstić information content (AvgIpc) is 3.40. The van der Waals surface area contributed by atoms with Crippen molar-refractivity contribution in [2.24, 2.45) is 28.7 Å². The molecule has 8 nitrogen and oxygen atoms in total. The van der Waals surface area contributed by atoms with Crippen molar-refractivity contribution < 1.29 is 14.3 Å². The SMILES string of the molecule is CN=C(NCCN1C(=O)C2C3C=CC(C3)C2C1=O)NCC(C)N1CCOCC1C. The monoisotopic (exact) mass is 403 g/mol. The van der Waals surface area contributed by atoms with E-state index in [2.05, 4.69) is 46.5 Å². The molecule has 0 aromatic rings. The van der Waals surface area contributed by atoms with Crippen LogP contribution in [0.4, 0.5) is 0 Å². The molecule has 29 heavy (non-hydrogen) atoms. The molecule has 2 aliphatic heterocycles. The van der Waals surface area contributed by atoms with Crippen molar-refractivity contribution in [2.75, 3.05) is 46.4 Å². The zero-order chi connectivity index (χ0) is 20.5. The first kappa shape index (κ1) is 20.3. The fourth-order valence-corrected chi connectivity index (χ4v) is 5.45. The summed E-state index contributed by atoms with van der Waals surface area (Å²) in [6.07, 6.45) is 5.22. The molecule has 6 unspecified atom stereocenters. The molecule has 0 aromatic heterocycles. The second kappa shape index (κ2) is 8.44. The second-order valence-corrected chi connectivity index (χ2v) is 8.72. The lowest BCUT2D eigenvalue weighted by molar-refractivity contribution is -0.140. The van der Waals surface area contributed by atoms with E-state index in [1.807, 2.05) is 0 Å². The van der Waals surface area contributed by atoms with Gasteiger partial charge in [-0.15, -0.1) is 0 Å². The highest BCUT2D eigenvalue weighted by Crippen LogP contribution is 2.52. The van der Waals surface area contributed by atoms with Crippen molar-refractivity contribution in [3.05, 3.63) is 12.2 Å². The number of amides is 2. The molecule has 0 spiro atoms. The number of allylic oxidation sites excluding steroid dienone is 2. The third kappa shape index (κ3) is 3.80. The molecule has 0 aromatic carbocycles. The fraction of sp³-hybridized carbons (Fsp3) is 0.762. The molecular formula is C21H33N5O3. The van der Waals surface area contributed by atoms with Gasteiger partial charge in [-0.05, 0) is 32.1 Å². The van der Waals surface area contributed by atoms with Gasteiger partial charge < -0.3 is 15.4 Å². The Bertz CT molecular complexity index is 678.